The molecule has 1 amide bonds. The number of anilines is 1. The Morgan fingerprint density at radius 1 is 1.16 bits per heavy atom. The van der Waals surface area contributed by atoms with Crippen LogP contribution in [-0.4, -0.2) is 35.7 Å². The van der Waals surface area contributed by atoms with Gasteiger partial charge in [0, 0.05) is 16.7 Å². The number of amides is 1. The third-order valence-corrected chi connectivity index (χ3v) is 6.77. The minimum Gasteiger partial charge on any atom is -0.381 e. The highest BCUT2D eigenvalue weighted by molar-refractivity contribution is 9.10. The Labute approximate surface area is 204 Å². The molecule has 0 radical (unpaired) electrons. The van der Waals surface area contributed by atoms with Gasteiger partial charge in [-0.3, -0.25) is 4.79 Å². The van der Waals surface area contributed by atoms with E-state index in [9.17, 15) is 23.1 Å². The molecule has 3 N–H and O–H groups in total. The van der Waals surface area contributed by atoms with Crippen LogP contribution >= 0.6 is 62.5 Å². The lowest BCUT2D eigenvalue weighted by molar-refractivity contribution is -0.260. The molecule has 0 aliphatic carbocycles. The van der Waals surface area contributed by atoms with E-state index < -0.39 is 23.9 Å². The Balaban J connectivity index is 2.21. The van der Waals surface area contributed by atoms with Crippen LogP contribution in [-0.2, 0) is 16.9 Å². The van der Waals surface area contributed by atoms with Gasteiger partial charge < -0.3 is 15.7 Å². The van der Waals surface area contributed by atoms with Gasteiger partial charge in [0.2, 0.25) is 11.5 Å². The van der Waals surface area contributed by atoms with Gasteiger partial charge in [-0.15, -0.1) is 0 Å². The predicted octanol–water partition coefficient (Wildman–Crippen LogP) is 6.25. The number of rotatable bonds is 8. The number of benzene rings is 2. The summed E-state index contributed by atoms with van der Waals surface area (Å²) in [6, 6.07) is 6.60. The Morgan fingerprint density at radius 3 is 2.29 bits per heavy atom. The third kappa shape index (κ3) is 6.58. The predicted molar refractivity (Wildman–Crippen MR) is 124 cm³/mol. The van der Waals surface area contributed by atoms with Crippen molar-refractivity contribution in [2.24, 2.45) is 0 Å². The average molecular weight is 581 g/mol. The molecule has 2 aromatic carbocycles. The summed E-state index contributed by atoms with van der Waals surface area (Å²) in [7, 11) is 0. The number of hydrogen-bond acceptors (Lipinski definition) is 4. The van der Waals surface area contributed by atoms with E-state index in [1.54, 1.807) is 18.2 Å². The van der Waals surface area contributed by atoms with E-state index in [1.165, 1.54) is 11.8 Å². The van der Waals surface area contributed by atoms with Crippen LogP contribution in [0.3, 0.4) is 0 Å². The SMILES string of the molecule is CSCC(=O)NCc1ccc(NC[C@@](O)(c2cc(Cl)c(Cl)c(Cl)c2)C(F)(F)F)cc1Br. The highest BCUT2D eigenvalue weighted by Crippen LogP contribution is 2.43. The summed E-state index contributed by atoms with van der Waals surface area (Å²) < 4.78 is 41.9. The summed E-state index contributed by atoms with van der Waals surface area (Å²) in [5.74, 6) is 0.198. The third-order valence-electron chi connectivity index (χ3n) is 4.28. The van der Waals surface area contributed by atoms with Gasteiger partial charge in [0.05, 0.1) is 27.4 Å². The Hall–Kier alpha value is -0.840. The number of thioether (sulfide) groups is 1. The van der Waals surface area contributed by atoms with Crippen LogP contribution in [0.2, 0.25) is 15.1 Å². The fourth-order valence-corrected chi connectivity index (χ4v) is 4.05. The fraction of sp³-hybridized carbons (Fsp3) is 0.316. The summed E-state index contributed by atoms with van der Waals surface area (Å²) >= 11 is 22.2. The van der Waals surface area contributed by atoms with Crippen LogP contribution in [0.4, 0.5) is 18.9 Å². The van der Waals surface area contributed by atoms with Crippen molar-refractivity contribution in [3.63, 3.8) is 0 Å². The number of nitrogens with one attached hydrogen (secondary N) is 2. The molecule has 12 heteroatoms. The van der Waals surface area contributed by atoms with E-state index in [1.807, 2.05) is 6.26 Å². The first-order valence-electron chi connectivity index (χ1n) is 8.61. The smallest absolute Gasteiger partial charge is 0.381 e. The standard InChI is InChI=1S/C19H17BrCl3F3N2O2S/c1-31-8-16(29)27-7-10-2-3-12(6-13(10)20)28-9-18(30,19(24,25)26)11-4-14(21)17(23)15(22)5-11/h2-6,28,30H,7-9H2,1H3,(H,27,29)/t18-/m1/s1. The lowest BCUT2D eigenvalue weighted by Crippen LogP contribution is -2.47. The second-order valence-electron chi connectivity index (χ2n) is 6.48. The molecule has 0 fully saturated rings. The Bertz CT molecular complexity index is 942. The highest BCUT2D eigenvalue weighted by Gasteiger charge is 2.55. The van der Waals surface area contributed by atoms with Crippen molar-refractivity contribution in [2.45, 2.75) is 18.3 Å². The molecular formula is C19H17BrCl3F3N2O2S. The summed E-state index contributed by atoms with van der Waals surface area (Å²) in [5.41, 5.74) is -2.76. The summed E-state index contributed by atoms with van der Waals surface area (Å²) in [5, 5.41) is 15.3. The minimum absolute atomic E-state index is 0.103. The molecule has 4 nitrogen and oxygen atoms in total. The summed E-state index contributed by atoms with van der Waals surface area (Å²) in [6.45, 7) is -0.643. The van der Waals surface area contributed by atoms with Crippen molar-refractivity contribution in [1.29, 1.82) is 0 Å². The number of halogens is 7. The number of aliphatic hydroxyl groups is 1. The molecule has 0 unspecified atom stereocenters. The van der Waals surface area contributed by atoms with Gasteiger partial charge in [-0.05, 0) is 41.6 Å². The van der Waals surface area contributed by atoms with Crippen LogP contribution in [0.25, 0.3) is 0 Å². The second kappa shape index (κ2) is 10.9. The lowest BCUT2D eigenvalue weighted by atomic mass is 9.92. The monoisotopic (exact) mass is 578 g/mol. The van der Waals surface area contributed by atoms with Gasteiger partial charge in [-0.1, -0.05) is 56.8 Å². The maximum absolute atomic E-state index is 13.8. The first-order valence-corrected chi connectivity index (χ1v) is 11.9. The molecular weight excluding hydrogens is 564 g/mol. The number of hydrogen-bond donors (Lipinski definition) is 3. The summed E-state index contributed by atoms with van der Waals surface area (Å²) in [4.78, 5) is 11.6. The summed E-state index contributed by atoms with van der Waals surface area (Å²) in [6.07, 6.45) is -3.22. The van der Waals surface area contributed by atoms with E-state index in [2.05, 4.69) is 26.6 Å². The van der Waals surface area contributed by atoms with Gasteiger partial charge in [0.1, 0.15) is 0 Å². The number of carbonyl (C=O) groups is 1. The molecule has 0 heterocycles. The van der Waals surface area contributed by atoms with Crippen molar-refractivity contribution in [3.05, 3.63) is 61.0 Å². The van der Waals surface area contributed by atoms with Gasteiger partial charge in [0.15, 0.2) is 0 Å². The zero-order chi connectivity index (χ0) is 23.4. The Morgan fingerprint density at radius 2 is 1.77 bits per heavy atom. The molecule has 31 heavy (non-hydrogen) atoms. The van der Waals surface area contributed by atoms with Gasteiger partial charge in [0.25, 0.3) is 0 Å². The van der Waals surface area contributed by atoms with Gasteiger partial charge in [-0.25, -0.2) is 0 Å². The van der Waals surface area contributed by atoms with E-state index in [0.717, 1.165) is 17.7 Å². The van der Waals surface area contributed by atoms with E-state index in [-0.39, 0.29) is 27.5 Å². The van der Waals surface area contributed by atoms with Crippen molar-refractivity contribution in [1.82, 2.24) is 5.32 Å². The second-order valence-corrected chi connectivity index (χ2v) is 9.39. The molecule has 0 spiro atoms. The lowest BCUT2D eigenvalue weighted by Gasteiger charge is -2.32. The zero-order valence-electron chi connectivity index (χ0n) is 15.9. The topological polar surface area (TPSA) is 61.4 Å². The average Bonchev–Trinajstić information content (AvgIpc) is 2.68. The zero-order valence-corrected chi connectivity index (χ0v) is 20.6. The number of carbonyl (C=O) groups excluding carboxylic acids is 1. The minimum atomic E-state index is -5.03. The van der Waals surface area contributed by atoms with Crippen LogP contribution in [0.5, 0.6) is 0 Å². The largest absolute Gasteiger partial charge is 0.423 e. The van der Waals surface area contributed by atoms with Gasteiger partial charge in [-0.2, -0.15) is 24.9 Å². The van der Waals surface area contributed by atoms with Crippen molar-refractivity contribution < 1.29 is 23.1 Å². The maximum atomic E-state index is 13.8. The molecule has 2 rings (SSSR count). The molecule has 0 saturated heterocycles. The quantitative estimate of drug-likeness (QED) is 0.323. The van der Waals surface area contributed by atoms with Crippen LogP contribution in [0.1, 0.15) is 11.1 Å². The van der Waals surface area contributed by atoms with Crippen LogP contribution in [0, 0.1) is 0 Å². The first-order chi connectivity index (χ1) is 14.4. The first kappa shape index (κ1) is 26.4. The fourth-order valence-electron chi connectivity index (χ4n) is 2.57. The van der Waals surface area contributed by atoms with Crippen molar-refractivity contribution >= 4 is 74.1 Å². The molecule has 170 valence electrons. The highest BCUT2D eigenvalue weighted by atomic mass is 79.9. The molecule has 0 saturated carbocycles. The van der Waals surface area contributed by atoms with Crippen LogP contribution < -0.4 is 10.6 Å². The van der Waals surface area contributed by atoms with E-state index >= 15 is 0 Å². The van der Waals surface area contributed by atoms with E-state index in [0.29, 0.717) is 15.9 Å². The molecule has 2 aromatic rings. The maximum Gasteiger partial charge on any atom is 0.423 e. The molecule has 0 aliphatic rings. The van der Waals surface area contributed by atoms with Crippen molar-refractivity contribution in [2.75, 3.05) is 23.9 Å². The molecule has 0 aromatic heterocycles. The number of alkyl halides is 3. The van der Waals surface area contributed by atoms with Crippen molar-refractivity contribution in [3.8, 4) is 0 Å². The molecule has 0 bridgehead atoms. The van der Waals surface area contributed by atoms with Gasteiger partial charge >= 0.3 is 6.18 Å². The normalized spacial score (nSPS) is 13.6. The molecule has 0 aliphatic heterocycles. The van der Waals surface area contributed by atoms with Crippen LogP contribution in [0.15, 0.2) is 34.8 Å². The van der Waals surface area contributed by atoms with E-state index in [4.69, 9.17) is 34.8 Å². The molecule has 1 atom stereocenters. The Kier molecular flexibility index (Phi) is 9.25.